The van der Waals surface area contributed by atoms with E-state index in [1.165, 1.54) is 6.42 Å². The molecule has 3 nitrogen and oxygen atoms in total. The van der Waals surface area contributed by atoms with Gasteiger partial charge in [-0.3, -0.25) is 9.59 Å². The molecule has 1 aromatic carbocycles. The first-order valence-electron chi connectivity index (χ1n) is 6.66. The van der Waals surface area contributed by atoms with Crippen LogP contribution in [0.4, 0.5) is 5.69 Å². The molecule has 0 aromatic heterocycles. The van der Waals surface area contributed by atoms with Crippen LogP contribution in [-0.4, -0.2) is 11.5 Å². The van der Waals surface area contributed by atoms with Gasteiger partial charge in [0.2, 0.25) is 5.91 Å². The Morgan fingerprint density at radius 3 is 2.63 bits per heavy atom. The average Bonchev–Trinajstić information content (AvgIpc) is 2.42. The molecule has 0 aliphatic heterocycles. The molecule has 1 saturated carbocycles. The van der Waals surface area contributed by atoms with Crippen molar-refractivity contribution in [2.75, 3.05) is 5.32 Å². The number of carbonyl (C=O) groups excluding carboxylic acids is 2. The molecular weight excluding hydrogens is 258 g/mol. The minimum absolute atomic E-state index is 0.0751. The van der Waals surface area contributed by atoms with Gasteiger partial charge in [-0.25, -0.2) is 0 Å². The van der Waals surface area contributed by atoms with E-state index in [4.69, 9.17) is 0 Å². The summed E-state index contributed by atoms with van der Waals surface area (Å²) in [5, 5.41) is 2.99. The Kier molecular flexibility index (Phi) is 4.64. The molecule has 2 rings (SSSR count). The maximum Gasteiger partial charge on any atom is 0.230 e. The number of para-hydroxylation sites is 1. The third-order valence-electron chi connectivity index (χ3n) is 3.82. The molecule has 1 N–H and O–H groups in total. The molecule has 0 unspecified atom stereocenters. The number of thioether (sulfide) groups is 1. The van der Waals surface area contributed by atoms with Crippen LogP contribution in [0.3, 0.4) is 0 Å². The number of rotatable bonds is 4. The van der Waals surface area contributed by atoms with Gasteiger partial charge in [0, 0.05) is 10.3 Å². The van der Waals surface area contributed by atoms with E-state index in [9.17, 15) is 9.59 Å². The summed E-state index contributed by atoms with van der Waals surface area (Å²) in [4.78, 5) is 23.9. The van der Waals surface area contributed by atoms with Crippen molar-refractivity contribution in [3.8, 4) is 0 Å². The van der Waals surface area contributed by atoms with Crippen molar-refractivity contribution in [3.63, 3.8) is 0 Å². The normalized spacial score (nSPS) is 17.7. The summed E-state index contributed by atoms with van der Waals surface area (Å²) in [6.07, 6.45) is 5.35. The number of anilines is 1. The number of benzene rings is 1. The highest BCUT2D eigenvalue weighted by Gasteiger charge is 2.34. The molecule has 1 aromatic rings. The van der Waals surface area contributed by atoms with Crippen molar-refractivity contribution in [2.24, 2.45) is 5.41 Å². The van der Waals surface area contributed by atoms with Gasteiger partial charge in [0.05, 0.1) is 5.69 Å². The Bertz CT molecular complexity index is 467. The first kappa shape index (κ1) is 14.1. The summed E-state index contributed by atoms with van der Waals surface area (Å²) in [5.41, 5.74) is 1.25. The Labute approximate surface area is 118 Å². The van der Waals surface area contributed by atoms with E-state index in [0.717, 1.165) is 53.6 Å². The molecular formula is C15H19NO2S. The lowest BCUT2D eigenvalue weighted by Gasteiger charge is -2.32. The summed E-state index contributed by atoms with van der Waals surface area (Å²) in [7, 11) is 0. The Hall–Kier alpha value is -1.29. The van der Waals surface area contributed by atoms with E-state index in [-0.39, 0.29) is 11.3 Å². The molecule has 102 valence electrons. The van der Waals surface area contributed by atoms with Crippen LogP contribution in [0.15, 0.2) is 29.2 Å². The van der Waals surface area contributed by atoms with E-state index in [2.05, 4.69) is 5.32 Å². The lowest BCUT2D eigenvalue weighted by Crippen LogP contribution is -2.35. The first-order chi connectivity index (χ1) is 9.15. The number of amides is 1. The van der Waals surface area contributed by atoms with Crippen LogP contribution in [0.25, 0.3) is 0 Å². The zero-order valence-electron chi connectivity index (χ0n) is 11.1. The highest BCUT2D eigenvalue weighted by atomic mass is 32.2. The minimum Gasteiger partial charge on any atom is -0.325 e. The van der Waals surface area contributed by atoms with Crippen LogP contribution < -0.4 is 5.32 Å². The van der Waals surface area contributed by atoms with Gasteiger partial charge in [0.15, 0.2) is 5.62 Å². The molecule has 1 amide bonds. The molecule has 0 saturated heterocycles. The predicted octanol–water partition coefficient (Wildman–Crippen LogP) is 3.88. The number of hydrogen-bond donors (Lipinski definition) is 1. The Balaban J connectivity index is 2.12. The maximum absolute atomic E-state index is 12.4. The Morgan fingerprint density at radius 1 is 1.26 bits per heavy atom. The standard InChI is InChI=1S/C15H19NO2S/c1-15(9-5-2-6-10-15)14(18)16-12-7-3-4-8-13(12)19-11-17/h3-4,7-8,11H,2,5-6,9-10H2,1H3,(H,16,18). The van der Waals surface area contributed by atoms with Gasteiger partial charge in [0.25, 0.3) is 0 Å². The predicted molar refractivity (Wildman–Crippen MR) is 78.9 cm³/mol. The fourth-order valence-corrected chi connectivity index (χ4v) is 3.06. The van der Waals surface area contributed by atoms with Gasteiger partial charge in [-0.05, 0) is 25.0 Å². The highest BCUT2D eigenvalue weighted by Crippen LogP contribution is 2.37. The summed E-state index contributed by atoms with van der Waals surface area (Å²) >= 11 is 1.09. The third kappa shape index (κ3) is 3.38. The van der Waals surface area contributed by atoms with E-state index >= 15 is 0 Å². The molecule has 1 fully saturated rings. The monoisotopic (exact) mass is 277 g/mol. The van der Waals surface area contributed by atoms with Gasteiger partial charge in [-0.2, -0.15) is 0 Å². The second-order valence-corrected chi connectivity index (χ2v) is 6.15. The molecule has 0 heterocycles. The summed E-state index contributed by atoms with van der Waals surface area (Å²) < 4.78 is 0. The summed E-state index contributed by atoms with van der Waals surface area (Å²) in [5.74, 6) is 0.0751. The SMILES string of the molecule is CC1(C(=O)Nc2ccccc2SC=O)CCCCC1. The number of carbonyl (C=O) groups is 2. The van der Waals surface area contributed by atoms with Crippen LogP contribution in [0, 0.1) is 5.41 Å². The average molecular weight is 277 g/mol. The van der Waals surface area contributed by atoms with Gasteiger partial charge >= 0.3 is 0 Å². The third-order valence-corrected chi connectivity index (χ3v) is 4.52. The molecule has 0 spiro atoms. The molecule has 19 heavy (non-hydrogen) atoms. The lowest BCUT2D eigenvalue weighted by atomic mass is 9.75. The van der Waals surface area contributed by atoms with E-state index < -0.39 is 0 Å². The molecule has 4 heteroatoms. The van der Waals surface area contributed by atoms with Crippen LogP contribution in [-0.2, 0) is 9.59 Å². The van der Waals surface area contributed by atoms with Gasteiger partial charge in [0.1, 0.15) is 0 Å². The van der Waals surface area contributed by atoms with E-state index in [1.54, 1.807) is 0 Å². The van der Waals surface area contributed by atoms with Crippen molar-refractivity contribution in [1.82, 2.24) is 0 Å². The lowest BCUT2D eigenvalue weighted by molar-refractivity contribution is -0.126. The molecule has 1 aliphatic carbocycles. The van der Waals surface area contributed by atoms with Gasteiger partial charge < -0.3 is 5.32 Å². The highest BCUT2D eigenvalue weighted by molar-refractivity contribution is 8.12. The van der Waals surface area contributed by atoms with Crippen LogP contribution >= 0.6 is 11.8 Å². The molecule has 0 radical (unpaired) electrons. The fraction of sp³-hybridized carbons (Fsp3) is 0.467. The van der Waals surface area contributed by atoms with Gasteiger partial charge in [-0.1, -0.05) is 50.1 Å². The molecule has 0 atom stereocenters. The fourth-order valence-electron chi connectivity index (χ4n) is 2.56. The van der Waals surface area contributed by atoms with E-state index in [0.29, 0.717) is 0 Å². The van der Waals surface area contributed by atoms with E-state index in [1.807, 2.05) is 31.2 Å². The van der Waals surface area contributed by atoms with Crippen LogP contribution in [0.5, 0.6) is 0 Å². The number of nitrogens with one attached hydrogen (secondary N) is 1. The summed E-state index contributed by atoms with van der Waals surface area (Å²) in [6, 6.07) is 7.42. The minimum atomic E-state index is -0.267. The van der Waals surface area contributed by atoms with Crippen molar-refractivity contribution in [2.45, 2.75) is 43.9 Å². The van der Waals surface area contributed by atoms with Crippen molar-refractivity contribution in [3.05, 3.63) is 24.3 Å². The zero-order valence-corrected chi connectivity index (χ0v) is 12.0. The Morgan fingerprint density at radius 2 is 1.95 bits per heavy atom. The zero-order chi connectivity index (χ0) is 13.7. The molecule has 0 bridgehead atoms. The smallest absolute Gasteiger partial charge is 0.230 e. The van der Waals surface area contributed by atoms with Crippen molar-refractivity contribution < 1.29 is 9.59 Å². The van der Waals surface area contributed by atoms with Crippen LogP contribution in [0.2, 0.25) is 0 Å². The molecule has 1 aliphatic rings. The maximum atomic E-state index is 12.4. The number of hydrogen-bond acceptors (Lipinski definition) is 3. The quantitative estimate of drug-likeness (QED) is 0.671. The van der Waals surface area contributed by atoms with Gasteiger partial charge in [-0.15, -0.1) is 0 Å². The second-order valence-electron chi connectivity index (χ2n) is 5.29. The first-order valence-corrected chi connectivity index (χ1v) is 7.54. The summed E-state index contributed by atoms with van der Waals surface area (Å²) in [6.45, 7) is 2.04. The van der Waals surface area contributed by atoms with Crippen LogP contribution in [0.1, 0.15) is 39.0 Å². The van der Waals surface area contributed by atoms with Crippen molar-refractivity contribution >= 4 is 29.0 Å². The second kappa shape index (κ2) is 6.24. The largest absolute Gasteiger partial charge is 0.325 e. The van der Waals surface area contributed by atoms with Crippen molar-refractivity contribution in [1.29, 1.82) is 0 Å². The topological polar surface area (TPSA) is 46.2 Å².